The van der Waals surface area contributed by atoms with Crippen molar-refractivity contribution in [1.82, 2.24) is 15.1 Å². The molecule has 27 heavy (non-hydrogen) atoms. The molecule has 1 aliphatic heterocycles. The SMILES string of the molecule is CCNC(=NCCCN1CCC(O)CC1)N(C)Cc1cc2ccccc2o1. The van der Waals surface area contributed by atoms with E-state index in [0.717, 1.165) is 74.7 Å². The summed E-state index contributed by atoms with van der Waals surface area (Å²) in [6.07, 6.45) is 2.72. The molecule has 1 aromatic heterocycles. The number of nitrogens with one attached hydrogen (secondary N) is 1. The van der Waals surface area contributed by atoms with Gasteiger partial charge in [-0.05, 0) is 44.9 Å². The van der Waals surface area contributed by atoms with Crippen LogP contribution in [-0.2, 0) is 6.54 Å². The van der Waals surface area contributed by atoms with E-state index in [1.54, 1.807) is 0 Å². The lowest BCUT2D eigenvalue weighted by Crippen LogP contribution is -2.39. The second kappa shape index (κ2) is 9.76. The highest BCUT2D eigenvalue weighted by atomic mass is 16.3. The van der Waals surface area contributed by atoms with Crippen molar-refractivity contribution in [2.75, 3.05) is 39.8 Å². The molecule has 1 fully saturated rings. The first-order valence-corrected chi connectivity index (χ1v) is 10.0. The molecule has 1 aromatic carbocycles. The zero-order valence-electron chi connectivity index (χ0n) is 16.5. The van der Waals surface area contributed by atoms with E-state index in [0.29, 0.717) is 6.54 Å². The Balaban J connectivity index is 1.51. The van der Waals surface area contributed by atoms with E-state index in [9.17, 15) is 5.11 Å². The van der Waals surface area contributed by atoms with Crippen molar-refractivity contribution in [3.8, 4) is 0 Å². The van der Waals surface area contributed by atoms with Crippen molar-refractivity contribution in [2.45, 2.75) is 38.8 Å². The van der Waals surface area contributed by atoms with E-state index in [1.165, 1.54) is 0 Å². The standard InChI is InChI=1S/C21H32N4O2/c1-3-22-21(23-11-6-12-25-13-9-18(26)10-14-25)24(2)16-19-15-17-7-4-5-8-20(17)27-19/h4-5,7-8,15,18,26H,3,6,9-14,16H2,1-2H3,(H,22,23). The first-order valence-electron chi connectivity index (χ1n) is 10.0. The predicted molar refractivity (Wildman–Crippen MR) is 110 cm³/mol. The second-order valence-corrected chi connectivity index (χ2v) is 7.27. The first kappa shape index (κ1) is 19.7. The Labute approximate surface area is 161 Å². The van der Waals surface area contributed by atoms with Gasteiger partial charge in [-0.15, -0.1) is 0 Å². The summed E-state index contributed by atoms with van der Waals surface area (Å²) in [7, 11) is 2.04. The van der Waals surface area contributed by atoms with Crippen molar-refractivity contribution in [2.24, 2.45) is 4.99 Å². The number of rotatable bonds is 7. The van der Waals surface area contributed by atoms with Crippen molar-refractivity contribution >= 4 is 16.9 Å². The number of fused-ring (bicyclic) bond motifs is 1. The highest BCUT2D eigenvalue weighted by Crippen LogP contribution is 2.19. The number of aliphatic hydroxyl groups is 1. The molecule has 0 atom stereocenters. The number of furan rings is 1. The lowest BCUT2D eigenvalue weighted by atomic mass is 10.1. The van der Waals surface area contributed by atoms with Crippen LogP contribution >= 0.6 is 0 Å². The van der Waals surface area contributed by atoms with E-state index in [1.807, 2.05) is 25.2 Å². The van der Waals surface area contributed by atoms with Crippen LogP contribution in [0.5, 0.6) is 0 Å². The number of likely N-dealkylation sites (tertiary alicyclic amines) is 1. The van der Waals surface area contributed by atoms with Gasteiger partial charge in [-0.1, -0.05) is 18.2 Å². The van der Waals surface area contributed by atoms with Gasteiger partial charge in [0, 0.05) is 38.6 Å². The number of aliphatic hydroxyl groups excluding tert-OH is 1. The summed E-state index contributed by atoms with van der Waals surface area (Å²) in [5, 5.41) is 14.1. The summed E-state index contributed by atoms with van der Waals surface area (Å²) in [5.41, 5.74) is 0.925. The van der Waals surface area contributed by atoms with E-state index in [-0.39, 0.29) is 6.10 Å². The van der Waals surface area contributed by atoms with Gasteiger partial charge in [-0.25, -0.2) is 0 Å². The third kappa shape index (κ3) is 5.71. The molecule has 0 unspecified atom stereocenters. The van der Waals surface area contributed by atoms with Crippen LogP contribution in [0.25, 0.3) is 11.0 Å². The maximum Gasteiger partial charge on any atom is 0.194 e. The van der Waals surface area contributed by atoms with Crippen LogP contribution in [0, 0.1) is 0 Å². The smallest absolute Gasteiger partial charge is 0.194 e. The van der Waals surface area contributed by atoms with Crippen LogP contribution in [0.3, 0.4) is 0 Å². The van der Waals surface area contributed by atoms with E-state index < -0.39 is 0 Å². The Hall–Kier alpha value is -2.05. The number of hydrogen-bond donors (Lipinski definition) is 2. The Morgan fingerprint density at radius 1 is 1.33 bits per heavy atom. The summed E-state index contributed by atoms with van der Waals surface area (Å²) >= 11 is 0. The van der Waals surface area contributed by atoms with Crippen LogP contribution in [0.15, 0.2) is 39.7 Å². The minimum Gasteiger partial charge on any atom is -0.459 e. The van der Waals surface area contributed by atoms with Crippen LogP contribution in [0.1, 0.15) is 31.9 Å². The summed E-state index contributed by atoms with van der Waals surface area (Å²) in [5.74, 6) is 1.85. The molecule has 0 aliphatic carbocycles. The molecule has 3 rings (SSSR count). The average Bonchev–Trinajstić information content (AvgIpc) is 3.08. The third-order valence-corrected chi connectivity index (χ3v) is 5.02. The fourth-order valence-electron chi connectivity index (χ4n) is 3.52. The van der Waals surface area contributed by atoms with Gasteiger partial charge in [0.05, 0.1) is 12.6 Å². The lowest BCUT2D eigenvalue weighted by Gasteiger charge is -2.29. The molecule has 2 aromatic rings. The molecule has 0 radical (unpaired) electrons. The van der Waals surface area contributed by atoms with Crippen molar-refractivity contribution in [1.29, 1.82) is 0 Å². The topological polar surface area (TPSA) is 64.2 Å². The van der Waals surface area contributed by atoms with Gasteiger partial charge < -0.3 is 24.6 Å². The molecule has 0 amide bonds. The number of benzene rings is 1. The number of aliphatic imine (C=N–C) groups is 1. The monoisotopic (exact) mass is 372 g/mol. The molecular weight excluding hydrogens is 340 g/mol. The minimum absolute atomic E-state index is 0.105. The molecule has 1 saturated heterocycles. The molecule has 1 aliphatic rings. The summed E-state index contributed by atoms with van der Waals surface area (Å²) < 4.78 is 5.93. The predicted octanol–water partition coefficient (Wildman–Crippen LogP) is 2.68. The van der Waals surface area contributed by atoms with Gasteiger partial charge in [0.1, 0.15) is 11.3 Å². The van der Waals surface area contributed by atoms with Crippen molar-refractivity contribution < 1.29 is 9.52 Å². The number of para-hydroxylation sites is 1. The zero-order valence-corrected chi connectivity index (χ0v) is 16.5. The molecule has 0 saturated carbocycles. The van der Waals surface area contributed by atoms with Gasteiger partial charge in [0.15, 0.2) is 5.96 Å². The molecule has 2 heterocycles. The molecule has 6 heteroatoms. The minimum atomic E-state index is -0.105. The number of piperidine rings is 1. The average molecular weight is 373 g/mol. The Kier molecular flexibility index (Phi) is 7.12. The first-order chi connectivity index (χ1) is 13.2. The largest absolute Gasteiger partial charge is 0.459 e. The van der Waals surface area contributed by atoms with E-state index in [4.69, 9.17) is 9.41 Å². The number of guanidine groups is 1. The van der Waals surface area contributed by atoms with Gasteiger partial charge in [0.2, 0.25) is 0 Å². The summed E-state index contributed by atoms with van der Waals surface area (Å²) in [6.45, 7) is 7.45. The van der Waals surface area contributed by atoms with Crippen LogP contribution in [0.4, 0.5) is 0 Å². The molecule has 0 bridgehead atoms. The molecular formula is C21H32N4O2. The Morgan fingerprint density at radius 3 is 2.85 bits per heavy atom. The molecule has 2 N–H and O–H groups in total. The zero-order chi connectivity index (χ0) is 19.1. The maximum absolute atomic E-state index is 9.59. The normalized spacial score (nSPS) is 16.8. The second-order valence-electron chi connectivity index (χ2n) is 7.27. The van der Waals surface area contributed by atoms with Gasteiger partial charge in [0.25, 0.3) is 0 Å². The Bertz CT molecular complexity index is 702. The molecule has 6 nitrogen and oxygen atoms in total. The fourth-order valence-corrected chi connectivity index (χ4v) is 3.52. The number of nitrogens with zero attached hydrogens (tertiary/aromatic N) is 3. The molecule has 148 valence electrons. The van der Waals surface area contributed by atoms with Crippen LogP contribution < -0.4 is 5.32 Å². The third-order valence-electron chi connectivity index (χ3n) is 5.02. The van der Waals surface area contributed by atoms with Gasteiger partial charge >= 0.3 is 0 Å². The van der Waals surface area contributed by atoms with Gasteiger partial charge in [-0.2, -0.15) is 0 Å². The van der Waals surface area contributed by atoms with Crippen molar-refractivity contribution in [3.05, 3.63) is 36.1 Å². The van der Waals surface area contributed by atoms with Crippen molar-refractivity contribution in [3.63, 3.8) is 0 Å². The maximum atomic E-state index is 9.59. The summed E-state index contributed by atoms with van der Waals surface area (Å²) in [4.78, 5) is 9.31. The molecule has 0 spiro atoms. The number of hydrogen-bond acceptors (Lipinski definition) is 4. The van der Waals surface area contributed by atoms with Crippen LogP contribution in [0.2, 0.25) is 0 Å². The fraction of sp³-hybridized carbons (Fsp3) is 0.571. The summed E-state index contributed by atoms with van der Waals surface area (Å²) in [6, 6.07) is 10.2. The lowest BCUT2D eigenvalue weighted by molar-refractivity contribution is 0.0824. The van der Waals surface area contributed by atoms with Crippen LogP contribution in [-0.4, -0.2) is 66.7 Å². The van der Waals surface area contributed by atoms with E-state index in [2.05, 4.69) is 34.2 Å². The Morgan fingerprint density at radius 2 is 2.11 bits per heavy atom. The highest BCUT2D eigenvalue weighted by Gasteiger charge is 2.16. The van der Waals surface area contributed by atoms with E-state index >= 15 is 0 Å². The highest BCUT2D eigenvalue weighted by molar-refractivity contribution is 5.80. The van der Waals surface area contributed by atoms with Gasteiger partial charge in [-0.3, -0.25) is 4.99 Å². The quantitative estimate of drug-likeness (QED) is 0.444.